The summed E-state index contributed by atoms with van der Waals surface area (Å²) in [5.41, 5.74) is 6.02. The molecule has 0 atom stereocenters. The van der Waals surface area contributed by atoms with Crippen molar-refractivity contribution < 1.29 is 9.21 Å². The lowest BCUT2D eigenvalue weighted by molar-refractivity contribution is 0.0759. The van der Waals surface area contributed by atoms with Crippen LogP contribution < -0.4 is 5.73 Å². The summed E-state index contributed by atoms with van der Waals surface area (Å²) in [6, 6.07) is 1.67. The molecule has 0 aliphatic heterocycles. The second-order valence-corrected chi connectivity index (χ2v) is 3.09. The zero-order valence-corrected chi connectivity index (χ0v) is 8.40. The van der Waals surface area contributed by atoms with Crippen LogP contribution in [0.3, 0.4) is 0 Å². The molecule has 0 saturated carbocycles. The predicted octanol–water partition coefficient (Wildman–Crippen LogP) is 1.09. The molecule has 1 aromatic heterocycles. The van der Waals surface area contributed by atoms with Gasteiger partial charge in [0.05, 0.1) is 11.8 Å². The third-order valence-corrected chi connectivity index (χ3v) is 1.95. The van der Waals surface area contributed by atoms with E-state index in [4.69, 9.17) is 10.2 Å². The molecule has 0 aromatic carbocycles. The minimum Gasteiger partial charge on any atom is -0.472 e. The number of hydrogen-bond donors (Lipinski definition) is 1. The molecule has 1 amide bonds. The van der Waals surface area contributed by atoms with E-state index in [1.807, 2.05) is 6.92 Å². The Hall–Kier alpha value is -1.29. The van der Waals surface area contributed by atoms with Gasteiger partial charge in [-0.05, 0) is 12.5 Å². The lowest BCUT2D eigenvalue weighted by atomic mass is 10.2. The van der Waals surface area contributed by atoms with Gasteiger partial charge in [-0.2, -0.15) is 0 Å². The molecule has 4 heteroatoms. The average molecular weight is 196 g/mol. The van der Waals surface area contributed by atoms with Crippen LogP contribution in [0, 0.1) is 0 Å². The number of nitrogens with zero attached hydrogens (tertiary/aromatic N) is 1. The molecule has 1 rings (SSSR count). The molecule has 0 fully saturated rings. The smallest absolute Gasteiger partial charge is 0.257 e. The molecule has 0 saturated heterocycles. The number of furan rings is 1. The summed E-state index contributed by atoms with van der Waals surface area (Å²) in [4.78, 5) is 13.5. The van der Waals surface area contributed by atoms with E-state index in [1.165, 1.54) is 12.5 Å². The molecular formula is C10H16N2O2. The first-order valence-electron chi connectivity index (χ1n) is 4.81. The summed E-state index contributed by atoms with van der Waals surface area (Å²) < 4.78 is 4.86. The Morgan fingerprint density at radius 3 is 2.86 bits per heavy atom. The highest BCUT2D eigenvalue weighted by atomic mass is 16.3. The molecule has 0 bridgehead atoms. The van der Waals surface area contributed by atoms with Crippen LogP contribution in [0.25, 0.3) is 0 Å². The number of carbonyl (C=O) groups excluding carboxylic acids is 1. The van der Waals surface area contributed by atoms with Crippen molar-refractivity contribution in [2.45, 2.75) is 13.3 Å². The molecule has 0 aliphatic carbocycles. The molecular weight excluding hydrogens is 180 g/mol. The average Bonchev–Trinajstić information content (AvgIpc) is 2.69. The molecule has 0 radical (unpaired) electrons. The number of nitrogens with two attached hydrogens (primary N) is 1. The predicted molar refractivity (Wildman–Crippen MR) is 54.0 cm³/mol. The second-order valence-electron chi connectivity index (χ2n) is 3.09. The van der Waals surface area contributed by atoms with E-state index in [2.05, 4.69) is 0 Å². The van der Waals surface area contributed by atoms with Crippen LogP contribution in [-0.4, -0.2) is 30.4 Å². The molecule has 4 nitrogen and oxygen atoms in total. The Bertz CT molecular complexity index is 264. The van der Waals surface area contributed by atoms with Gasteiger partial charge in [0.15, 0.2) is 0 Å². The Labute approximate surface area is 83.7 Å². The lowest BCUT2D eigenvalue weighted by Gasteiger charge is -2.20. The van der Waals surface area contributed by atoms with Gasteiger partial charge in [-0.15, -0.1) is 0 Å². The topological polar surface area (TPSA) is 59.5 Å². The van der Waals surface area contributed by atoms with Crippen LogP contribution in [0.1, 0.15) is 23.7 Å². The van der Waals surface area contributed by atoms with Crippen molar-refractivity contribution in [3.8, 4) is 0 Å². The van der Waals surface area contributed by atoms with Gasteiger partial charge in [0, 0.05) is 19.6 Å². The van der Waals surface area contributed by atoms with Gasteiger partial charge in [0.2, 0.25) is 0 Å². The third-order valence-electron chi connectivity index (χ3n) is 1.95. The van der Waals surface area contributed by atoms with Crippen molar-refractivity contribution in [1.29, 1.82) is 0 Å². The van der Waals surface area contributed by atoms with E-state index in [9.17, 15) is 4.79 Å². The molecule has 0 unspecified atom stereocenters. The molecule has 78 valence electrons. The van der Waals surface area contributed by atoms with E-state index in [0.29, 0.717) is 18.7 Å². The van der Waals surface area contributed by atoms with Gasteiger partial charge in [-0.1, -0.05) is 6.92 Å². The largest absolute Gasteiger partial charge is 0.472 e. The van der Waals surface area contributed by atoms with Gasteiger partial charge in [0.1, 0.15) is 6.26 Å². The fraction of sp³-hybridized carbons (Fsp3) is 0.500. The highest BCUT2D eigenvalue weighted by Crippen LogP contribution is 2.05. The van der Waals surface area contributed by atoms with Crippen LogP contribution in [0.4, 0.5) is 0 Å². The summed E-state index contributed by atoms with van der Waals surface area (Å²) in [7, 11) is 0. The highest BCUT2D eigenvalue weighted by molar-refractivity contribution is 5.93. The van der Waals surface area contributed by atoms with Crippen LogP contribution in [-0.2, 0) is 0 Å². The monoisotopic (exact) mass is 196 g/mol. The first-order chi connectivity index (χ1) is 6.79. The quantitative estimate of drug-likeness (QED) is 0.766. The third kappa shape index (κ3) is 2.60. The van der Waals surface area contributed by atoms with E-state index in [-0.39, 0.29) is 5.91 Å². The summed E-state index contributed by atoms with van der Waals surface area (Å²) in [6.07, 6.45) is 3.89. The van der Waals surface area contributed by atoms with Crippen LogP contribution in [0.5, 0.6) is 0 Å². The Kier molecular flexibility index (Phi) is 4.19. The minimum atomic E-state index is -0.00829. The normalized spacial score (nSPS) is 10.1. The second kappa shape index (κ2) is 5.44. The number of amides is 1. The molecule has 0 aliphatic rings. The lowest BCUT2D eigenvalue weighted by Crippen LogP contribution is -2.35. The highest BCUT2D eigenvalue weighted by Gasteiger charge is 2.14. The maximum Gasteiger partial charge on any atom is 0.257 e. The summed E-state index contributed by atoms with van der Waals surface area (Å²) in [5.74, 6) is -0.00829. The van der Waals surface area contributed by atoms with Crippen molar-refractivity contribution in [1.82, 2.24) is 4.90 Å². The van der Waals surface area contributed by atoms with E-state index in [1.54, 1.807) is 11.0 Å². The fourth-order valence-electron chi connectivity index (χ4n) is 1.31. The van der Waals surface area contributed by atoms with Crippen LogP contribution in [0.15, 0.2) is 23.0 Å². The van der Waals surface area contributed by atoms with E-state index < -0.39 is 0 Å². The first-order valence-corrected chi connectivity index (χ1v) is 4.81. The molecule has 1 heterocycles. The Morgan fingerprint density at radius 2 is 2.36 bits per heavy atom. The molecule has 0 spiro atoms. The van der Waals surface area contributed by atoms with Gasteiger partial charge in [-0.25, -0.2) is 0 Å². The van der Waals surface area contributed by atoms with Crippen LogP contribution in [0.2, 0.25) is 0 Å². The Morgan fingerprint density at radius 1 is 1.57 bits per heavy atom. The fourth-order valence-corrected chi connectivity index (χ4v) is 1.31. The van der Waals surface area contributed by atoms with Gasteiger partial charge >= 0.3 is 0 Å². The minimum absolute atomic E-state index is 0.00829. The van der Waals surface area contributed by atoms with Crippen LogP contribution >= 0.6 is 0 Å². The summed E-state index contributed by atoms with van der Waals surface area (Å²) >= 11 is 0. The Balaban J connectivity index is 2.63. The number of rotatable bonds is 5. The van der Waals surface area contributed by atoms with E-state index in [0.717, 1.165) is 13.0 Å². The number of carbonyl (C=O) groups is 1. The summed E-state index contributed by atoms with van der Waals surface area (Å²) in [6.45, 7) is 3.86. The molecule has 14 heavy (non-hydrogen) atoms. The van der Waals surface area contributed by atoms with Crippen molar-refractivity contribution in [2.75, 3.05) is 19.6 Å². The first kappa shape index (κ1) is 10.8. The number of hydrogen-bond acceptors (Lipinski definition) is 3. The van der Waals surface area contributed by atoms with Gasteiger partial charge < -0.3 is 15.1 Å². The standard InChI is InChI=1S/C10H16N2O2/c1-2-5-12(6-4-11)10(13)9-3-7-14-8-9/h3,7-8H,2,4-6,11H2,1H3. The van der Waals surface area contributed by atoms with Crippen molar-refractivity contribution >= 4 is 5.91 Å². The van der Waals surface area contributed by atoms with Gasteiger partial charge in [0.25, 0.3) is 5.91 Å². The maximum absolute atomic E-state index is 11.8. The van der Waals surface area contributed by atoms with Crippen molar-refractivity contribution in [3.05, 3.63) is 24.2 Å². The molecule has 2 N–H and O–H groups in total. The zero-order valence-electron chi connectivity index (χ0n) is 8.40. The van der Waals surface area contributed by atoms with Crippen molar-refractivity contribution in [3.63, 3.8) is 0 Å². The van der Waals surface area contributed by atoms with Gasteiger partial charge in [-0.3, -0.25) is 4.79 Å². The molecule has 1 aromatic rings. The van der Waals surface area contributed by atoms with E-state index >= 15 is 0 Å². The SMILES string of the molecule is CCCN(CCN)C(=O)c1ccoc1. The maximum atomic E-state index is 11.8. The van der Waals surface area contributed by atoms with Crippen molar-refractivity contribution in [2.24, 2.45) is 5.73 Å². The zero-order chi connectivity index (χ0) is 10.4. The summed E-state index contributed by atoms with van der Waals surface area (Å²) in [5, 5.41) is 0.